The van der Waals surface area contributed by atoms with E-state index in [1.165, 1.54) is 5.56 Å². The van der Waals surface area contributed by atoms with Gasteiger partial charge in [-0.2, -0.15) is 0 Å². The van der Waals surface area contributed by atoms with E-state index < -0.39 is 5.60 Å². The summed E-state index contributed by atoms with van der Waals surface area (Å²) < 4.78 is 6.58. The topological polar surface area (TPSA) is 41.6 Å². The lowest BCUT2D eigenvalue weighted by molar-refractivity contribution is -0.169. The second-order valence-electron chi connectivity index (χ2n) is 8.97. The van der Waals surface area contributed by atoms with Gasteiger partial charge in [0.2, 0.25) is 0 Å². The summed E-state index contributed by atoms with van der Waals surface area (Å²) in [5.41, 5.74) is 1.67. The van der Waals surface area contributed by atoms with Crippen LogP contribution >= 0.6 is 0 Å². The first-order valence-electron chi connectivity index (χ1n) is 11.0. The molecule has 3 aliphatic rings. The van der Waals surface area contributed by atoms with Gasteiger partial charge in [0.25, 0.3) is 5.91 Å². The van der Waals surface area contributed by atoms with Crippen molar-refractivity contribution in [3.8, 4) is 0 Å². The third kappa shape index (κ3) is 3.84. The van der Waals surface area contributed by atoms with Gasteiger partial charge in [0, 0.05) is 11.7 Å². The summed E-state index contributed by atoms with van der Waals surface area (Å²) >= 11 is 0. The van der Waals surface area contributed by atoms with Crippen molar-refractivity contribution in [3.63, 3.8) is 0 Å². The molecular weight excluding hydrogens is 360 g/mol. The van der Waals surface area contributed by atoms with Crippen LogP contribution in [0.25, 0.3) is 0 Å². The molecule has 0 radical (unpaired) electrons. The molecule has 0 unspecified atom stereocenters. The zero-order valence-electron chi connectivity index (χ0n) is 17.0. The van der Waals surface area contributed by atoms with Crippen molar-refractivity contribution < 1.29 is 9.53 Å². The molecule has 0 aromatic heterocycles. The molecule has 4 heteroatoms. The molecule has 1 heterocycles. The molecule has 3 fully saturated rings. The van der Waals surface area contributed by atoms with Gasteiger partial charge in [0.1, 0.15) is 5.60 Å². The van der Waals surface area contributed by atoms with Crippen LogP contribution in [-0.4, -0.2) is 36.2 Å². The molecule has 4 nitrogen and oxygen atoms in total. The van der Waals surface area contributed by atoms with E-state index >= 15 is 0 Å². The number of hydrogen-bond acceptors (Lipinski definition) is 3. The van der Waals surface area contributed by atoms with Crippen LogP contribution in [0.15, 0.2) is 60.7 Å². The number of rotatable bonds is 5. The maximum absolute atomic E-state index is 13.1. The highest BCUT2D eigenvalue weighted by Crippen LogP contribution is 2.51. The summed E-state index contributed by atoms with van der Waals surface area (Å²) in [5.74, 6) is 0.164. The Hall–Kier alpha value is -2.17. The van der Waals surface area contributed by atoms with Crippen molar-refractivity contribution in [2.24, 2.45) is 0 Å². The largest absolute Gasteiger partial charge is 0.357 e. The van der Waals surface area contributed by atoms with Gasteiger partial charge in [-0.3, -0.25) is 4.79 Å². The van der Waals surface area contributed by atoms with Crippen molar-refractivity contribution in [2.45, 2.75) is 62.2 Å². The number of ether oxygens (including phenoxy) is 1. The average Bonchev–Trinajstić information content (AvgIpc) is 3.54. The van der Waals surface area contributed by atoms with Crippen LogP contribution in [0.3, 0.4) is 0 Å². The zero-order chi connectivity index (χ0) is 19.7. The summed E-state index contributed by atoms with van der Waals surface area (Å²) in [6, 6.07) is 21.3. The van der Waals surface area contributed by atoms with Crippen LogP contribution in [0.1, 0.15) is 44.1 Å². The van der Waals surface area contributed by atoms with E-state index in [9.17, 15) is 4.79 Å². The second kappa shape index (κ2) is 7.58. The Bertz CT molecular complexity index is 840. The Balaban J connectivity index is 1.21. The monoisotopic (exact) mass is 390 g/mol. The van der Waals surface area contributed by atoms with Crippen molar-refractivity contribution in [2.75, 3.05) is 18.0 Å². The number of amides is 1. The molecule has 0 bridgehead atoms. The summed E-state index contributed by atoms with van der Waals surface area (Å²) in [4.78, 5) is 15.1. The Labute approximate surface area is 173 Å². The van der Waals surface area contributed by atoms with E-state index in [0.717, 1.165) is 57.2 Å². The van der Waals surface area contributed by atoms with E-state index in [2.05, 4.69) is 35.6 Å². The molecule has 2 aromatic rings. The van der Waals surface area contributed by atoms with Crippen molar-refractivity contribution in [1.29, 1.82) is 0 Å². The molecule has 2 aromatic carbocycles. The molecule has 5 rings (SSSR count). The molecule has 152 valence electrons. The number of para-hydroxylation sites is 1. The van der Waals surface area contributed by atoms with E-state index in [4.69, 9.17) is 4.74 Å². The first kappa shape index (κ1) is 18.8. The number of carbonyl (C=O) groups excluding carboxylic acids is 1. The third-order valence-electron chi connectivity index (χ3n) is 6.85. The number of hydrogen-bond donors (Lipinski definition) is 1. The van der Waals surface area contributed by atoms with E-state index in [1.54, 1.807) is 0 Å². The number of anilines is 1. The smallest absolute Gasteiger partial charge is 0.259 e. The zero-order valence-corrected chi connectivity index (χ0v) is 17.0. The fourth-order valence-corrected chi connectivity index (χ4v) is 5.02. The normalized spacial score (nSPS) is 28.1. The molecular formula is C25H30N2O2. The molecule has 2 saturated carbocycles. The first-order valence-corrected chi connectivity index (χ1v) is 11.0. The number of nitrogens with zero attached hydrogens (tertiary/aromatic N) is 1. The Morgan fingerprint density at radius 1 is 0.931 bits per heavy atom. The van der Waals surface area contributed by atoms with Crippen LogP contribution in [-0.2, 0) is 16.0 Å². The van der Waals surface area contributed by atoms with Crippen molar-refractivity contribution in [3.05, 3.63) is 66.2 Å². The minimum atomic E-state index is -0.540. The number of carbonyl (C=O) groups is 1. The fraction of sp³-hybridized carbons (Fsp3) is 0.480. The summed E-state index contributed by atoms with van der Waals surface area (Å²) in [5, 5.41) is 3.74. The first-order chi connectivity index (χ1) is 14.2. The van der Waals surface area contributed by atoms with Gasteiger partial charge in [-0.05, 0) is 69.2 Å². The van der Waals surface area contributed by atoms with Gasteiger partial charge < -0.3 is 15.0 Å². The van der Waals surface area contributed by atoms with Gasteiger partial charge >= 0.3 is 0 Å². The van der Waals surface area contributed by atoms with Crippen LogP contribution in [0.4, 0.5) is 5.69 Å². The lowest BCUT2D eigenvalue weighted by Gasteiger charge is -2.49. The van der Waals surface area contributed by atoms with Gasteiger partial charge in [-0.25, -0.2) is 0 Å². The Kier molecular flexibility index (Phi) is 4.92. The van der Waals surface area contributed by atoms with E-state index in [0.29, 0.717) is 12.6 Å². The van der Waals surface area contributed by atoms with Crippen molar-refractivity contribution in [1.82, 2.24) is 5.32 Å². The number of morpholine rings is 1. The maximum atomic E-state index is 13.1. The fourth-order valence-electron chi connectivity index (χ4n) is 5.02. The predicted molar refractivity (Wildman–Crippen MR) is 115 cm³/mol. The maximum Gasteiger partial charge on any atom is 0.259 e. The average molecular weight is 391 g/mol. The van der Waals surface area contributed by atoms with Gasteiger partial charge in [-0.15, -0.1) is 0 Å². The molecule has 1 saturated heterocycles. The quantitative estimate of drug-likeness (QED) is 0.836. The summed E-state index contributed by atoms with van der Waals surface area (Å²) in [6.45, 7) is 1.70. The van der Waals surface area contributed by atoms with Gasteiger partial charge in [0.15, 0.2) is 0 Å². The lowest BCUT2D eigenvalue weighted by atomic mass is 9.80. The molecule has 0 atom stereocenters. The predicted octanol–water partition coefficient (Wildman–Crippen LogP) is 4.10. The molecule has 1 aliphatic heterocycles. The SMILES string of the molecule is O=C1N(c2ccccc2)C[C@]2(CC[C@@H](NCCc3ccccc3)CC2)OC12CC2. The van der Waals surface area contributed by atoms with E-state index in [-0.39, 0.29) is 11.5 Å². The molecule has 2 aliphatic carbocycles. The highest BCUT2D eigenvalue weighted by molar-refractivity contribution is 6.02. The van der Waals surface area contributed by atoms with Crippen LogP contribution in [0, 0.1) is 0 Å². The lowest BCUT2D eigenvalue weighted by Crippen LogP contribution is -2.62. The third-order valence-corrected chi connectivity index (χ3v) is 6.85. The minimum Gasteiger partial charge on any atom is -0.357 e. The van der Waals surface area contributed by atoms with Crippen LogP contribution < -0.4 is 10.2 Å². The molecule has 2 spiro atoms. The highest BCUT2D eigenvalue weighted by atomic mass is 16.5. The van der Waals surface area contributed by atoms with Crippen molar-refractivity contribution >= 4 is 11.6 Å². The molecule has 1 amide bonds. The summed E-state index contributed by atoms with van der Waals surface area (Å²) in [6.07, 6.45) is 7.08. The van der Waals surface area contributed by atoms with Gasteiger partial charge in [0.05, 0.1) is 12.1 Å². The summed E-state index contributed by atoms with van der Waals surface area (Å²) in [7, 11) is 0. The highest BCUT2D eigenvalue weighted by Gasteiger charge is 2.62. The Morgan fingerprint density at radius 2 is 1.59 bits per heavy atom. The van der Waals surface area contributed by atoms with Gasteiger partial charge in [-0.1, -0.05) is 48.5 Å². The minimum absolute atomic E-state index is 0.164. The van der Waals surface area contributed by atoms with E-state index in [1.807, 2.05) is 35.2 Å². The van der Waals surface area contributed by atoms with Crippen LogP contribution in [0.2, 0.25) is 0 Å². The van der Waals surface area contributed by atoms with Crippen LogP contribution in [0.5, 0.6) is 0 Å². The second-order valence-corrected chi connectivity index (χ2v) is 8.97. The molecule has 29 heavy (non-hydrogen) atoms. The number of nitrogens with one attached hydrogen (secondary N) is 1. The number of benzene rings is 2. The molecule has 1 N–H and O–H groups in total. The Morgan fingerprint density at radius 3 is 2.24 bits per heavy atom. The standard InChI is InChI=1S/C25H30N2O2/c28-23-25(16-17-25)29-24(19-27(23)22-9-5-2-6-10-22)14-11-21(12-15-24)26-18-13-20-7-3-1-4-8-20/h1-10,21,26H,11-19H2/t21-,24-.